The van der Waals surface area contributed by atoms with Crippen molar-refractivity contribution in [1.29, 1.82) is 0 Å². The molecule has 0 saturated heterocycles. The average molecular weight is 411 g/mol. The van der Waals surface area contributed by atoms with Crippen LogP contribution in [0.5, 0.6) is 0 Å². The summed E-state index contributed by atoms with van der Waals surface area (Å²) in [7, 11) is 0. The van der Waals surface area contributed by atoms with Crippen LogP contribution in [0.15, 0.2) is 73.3 Å². The van der Waals surface area contributed by atoms with E-state index in [0.717, 1.165) is 13.2 Å². The van der Waals surface area contributed by atoms with Crippen LogP contribution in [-0.2, 0) is 10.3 Å². The van der Waals surface area contributed by atoms with Gasteiger partial charge in [-0.3, -0.25) is 4.79 Å². The molecule has 2 aromatic carbocycles. The highest BCUT2D eigenvalue weighted by molar-refractivity contribution is 6.02. The van der Waals surface area contributed by atoms with Crippen molar-refractivity contribution in [3.8, 4) is 0 Å². The van der Waals surface area contributed by atoms with E-state index >= 15 is 0 Å². The topological polar surface area (TPSA) is 46.5 Å². The molecule has 0 saturated carbocycles. The first-order chi connectivity index (χ1) is 14.6. The second-order valence-corrected chi connectivity index (χ2v) is 7.44. The first-order valence-corrected chi connectivity index (χ1v) is 11.2. The van der Waals surface area contributed by atoms with E-state index < -0.39 is 5.60 Å². The molecule has 0 aromatic heterocycles. The minimum Gasteiger partial charge on any atom is -0.381 e. The van der Waals surface area contributed by atoms with Crippen LogP contribution in [-0.4, -0.2) is 24.1 Å². The molecular formula is C27H38O3. The number of benzene rings is 2. The van der Waals surface area contributed by atoms with Crippen molar-refractivity contribution in [3.05, 3.63) is 84.4 Å². The first-order valence-electron chi connectivity index (χ1n) is 11.2. The number of Topliss-reactive ketones (excluding diaryl/α,β-unsaturated/α-hetero) is 1. The molecule has 1 unspecified atom stereocenters. The molecule has 0 heterocycles. The molecule has 1 N–H and O–H groups in total. The van der Waals surface area contributed by atoms with Gasteiger partial charge in [-0.25, -0.2) is 0 Å². The number of unbranched alkanes of at least 4 members (excludes halogenated alkanes) is 4. The zero-order chi connectivity index (χ0) is 22.1. The summed E-state index contributed by atoms with van der Waals surface area (Å²) in [6.45, 7) is 10.0. The van der Waals surface area contributed by atoms with Gasteiger partial charge in [0.1, 0.15) is 0 Å². The molecule has 0 aliphatic carbocycles. The van der Waals surface area contributed by atoms with Crippen molar-refractivity contribution in [1.82, 2.24) is 0 Å². The van der Waals surface area contributed by atoms with Gasteiger partial charge in [-0.05, 0) is 18.4 Å². The third kappa shape index (κ3) is 9.06. The van der Waals surface area contributed by atoms with E-state index in [1.165, 1.54) is 38.5 Å². The fourth-order valence-corrected chi connectivity index (χ4v) is 3.10. The monoisotopic (exact) mass is 410 g/mol. The predicted octanol–water partition coefficient (Wildman–Crippen LogP) is 6.72. The smallest absolute Gasteiger partial charge is 0.199 e. The van der Waals surface area contributed by atoms with Crippen molar-refractivity contribution in [2.24, 2.45) is 0 Å². The molecule has 164 valence electrons. The van der Waals surface area contributed by atoms with Gasteiger partial charge in [0.25, 0.3) is 0 Å². The Hall–Kier alpha value is -2.23. The zero-order valence-electron chi connectivity index (χ0n) is 18.7. The Bertz CT molecular complexity index is 689. The van der Waals surface area contributed by atoms with Crippen LogP contribution in [0.1, 0.15) is 74.7 Å². The highest BCUT2D eigenvalue weighted by Gasteiger charge is 2.36. The molecule has 0 amide bonds. The second-order valence-electron chi connectivity index (χ2n) is 7.44. The van der Waals surface area contributed by atoms with Crippen LogP contribution >= 0.6 is 0 Å². The molecule has 0 spiro atoms. The quantitative estimate of drug-likeness (QED) is 0.227. The maximum Gasteiger partial charge on any atom is 0.199 e. The van der Waals surface area contributed by atoms with Crippen molar-refractivity contribution in [2.45, 2.75) is 64.4 Å². The summed E-state index contributed by atoms with van der Waals surface area (Å²) in [6, 6.07) is 17.8. The lowest BCUT2D eigenvalue weighted by molar-refractivity contribution is 0.0313. The standard InChI is InChI=1S/C17H16O2.C10H22O/c1-2-13-17(19,15-11-7-4-8-12-15)16(18)14-9-5-3-6-10-14;1-3-5-7-9-11-10-8-6-4-2/h2-12,19H,1,13H2;3-10H2,1-2H3. The Morgan fingerprint density at radius 1 is 0.900 bits per heavy atom. The number of ketones is 1. The van der Waals surface area contributed by atoms with Gasteiger partial charge in [-0.1, -0.05) is 106 Å². The van der Waals surface area contributed by atoms with E-state index in [9.17, 15) is 9.90 Å². The zero-order valence-corrected chi connectivity index (χ0v) is 18.7. The minimum absolute atomic E-state index is 0.185. The van der Waals surface area contributed by atoms with Crippen LogP contribution < -0.4 is 0 Å². The van der Waals surface area contributed by atoms with Crippen LogP contribution in [0.25, 0.3) is 0 Å². The van der Waals surface area contributed by atoms with E-state index in [4.69, 9.17) is 4.74 Å². The van der Waals surface area contributed by atoms with Gasteiger partial charge in [-0.2, -0.15) is 0 Å². The Labute approximate surface area is 182 Å². The van der Waals surface area contributed by atoms with Crippen molar-refractivity contribution in [2.75, 3.05) is 13.2 Å². The molecule has 3 nitrogen and oxygen atoms in total. The van der Waals surface area contributed by atoms with Crippen LogP contribution in [0, 0.1) is 0 Å². The number of hydrogen-bond donors (Lipinski definition) is 1. The molecule has 0 aliphatic rings. The van der Waals surface area contributed by atoms with Gasteiger partial charge in [0.05, 0.1) is 0 Å². The number of rotatable bonds is 13. The van der Waals surface area contributed by atoms with Gasteiger partial charge in [0.15, 0.2) is 11.4 Å². The fraction of sp³-hybridized carbons (Fsp3) is 0.444. The molecular weight excluding hydrogens is 372 g/mol. The molecule has 0 bridgehead atoms. The largest absolute Gasteiger partial charge is 0.381 e. The van der Waals surface area contributed by atoms with Gasteiger partial charge in [-0.15, -0.1) is 6.58 Å². The van der Waals surface area contributed by atoms with E-state index in [2.05, 4.69) is 20.4 Å². The summed E-state index contributed by atoms with van der Waals surface area (Å²) in [4.78, 5) is 12.6. The number of ether oxygens (including phenoxy) is 1. The number of carbonyl (C=O) groups is 1. The summed E-state index contributed by atoms with van der Waals surface area (Å²) in [5.41, 5.74) is -0.468. The van der Waals surface area contributed by atoms with Crippen molar-refractivity contribution in [3.63, 3.8) is 0 Å². The highest BCUT2D eigenvalue weighted by Crippen LogP contribution is 2.29. The van der Waals surface area contributed by atoms with E-state index in [1.807, 2.05) is 24.3 Å². The summed E-state index contributed by atoms with van der Waals surface area (Å²) in [5.74, 6) is -0.306. The maximum atomic E-state index is 12.6. The normalized spacial score (nSPS) is 12.4. The van der Waals surface area contributed by atoms with Gasteiger partial charge < -0.3 is 9.84 Å². The SMILES string of the molecule is C=CCC(O)(C(=O)c1ccccc1)c1ccccc1.CCCCCOCCCCC. The molecule has 0 radical (unpaired) electrons. The minimum atomic E-state index is -1.55. The second kappa shape index (κ2) is 15.6. The van der Waals surface area contributed by atoms with Gasteiger partial charge in [0, 0.05) is 25.2 Å². The van der Waals surface area contributed by atoms with Crippen LogP contribution in [0.4, 0.5) is 0 Å². The third-order valence-corrected chi connectivity index (χ3v) is 4.89. The molecule has 3 heteroatoms. The Kier molecular flexibility index (Phi) is 13.4. The molecule has 30 heavy (non-hydrogen) atoms. The highest BCUT2D eigenvalue weighted by atomic mass is 16.5. The lowest BCUT2D eigenvalue weighted by Crippen LogP contribution is -2.35. The van der Waals surface area contributed by atoms with Crippen LogP contribution in [0.3, 0.4) is 0 Å². The van der Waals surface area contributed by atoms with Crippen molar-refractivity contribution < 1.29 is 14.6 Å². The summed E-state index contributed by atoms with van der Waals surface area (Å²) in [5, 5.41) is 10.8. The summed E-state index contributed by atoms with van der Waals surface area (Å²) in [6.07, 6.45) is 9.43. The summed E-state index contributed by atoms with van der Waals surface area (Å²) < 4.78 is 5.44. The van der Waals surface area contributed by atoms with E-state index in [1.54, 1.807) is 42.5 Å². The van der Waals surface area contributed by atoms with Gasteiger partial charge >= 0.3 is 0 Å². The third-order valence-electron chi connectivity index (χ3n) is 4.89. The molecule has 0 aliphatic heterocycles. The molecule has 0 fully saturated rings. The molecule has 2 rings (SSSR count). The lowest BCUT2D eigenvalue weighted by atomic mass is 9.83. The van der Waals surface area contributed by atoms with Crippen LogP contribution in [0.2, 0.25) is 0 Å². The number of aliphatic hydroxyl groups is 1. The van der Waals surface area contributed by atoms with Crippen molar-refractivity contribution >= 4 is 5.78 Å². The van der Waals surface area contributed by atoms with E-state index in [0.29, 0.717) is 11.1 Å². The fourth-order valence-electron chi connectivity index (χ4n) is 3.10. The Balaban J connectivity index is 0.000000352. The molecule has 1 atom stereocenters. The summed E-state index contributed by atoms with van der Waals surface area (Å²) >= 11 is 0. The number of carbonyl (C=O) groups excluding carboxylic acids is 1. The maximum absolute atomic E-state index is 12.6. The average Bonchev–Trinajstić information content (AvgIpc) is 2.80. The Morgan fingerprint density at radius 3 is 1.87 bits per heavy atom. The predicted molar refractivity (Wildman–Crippen MR) is 126 cm³/mol. The number of hydrogen-bond acceptors (Lipinski definition) is 3. The molecule has 2 aromatic rings. The lowest BCUT2D eigenvalue weighted by Gasteiger charge is -2.26. The first kappa shape index (κ1) is 25.8. The van der Waals surface area contributed by atoms with Gasteiger partial charge in [0.2, 0.25) is 0 Å². The van der Waals surface area contributed by atoms with E-state index in [-0.39, 0.29) is 12.2 Å². The Morgan fingerprint density at radius 2 is 1.40 bits per heavy atom.